The van der Waals surface area contributed by atoms with Crippen molar-refractivity contribution >= 4 is 18.2 Å². The summed E-state index contributed by atoms with van der Waals surface area (Å²) in [5, 5.41) is 8.85. The third-order valence-electron chi connectivity index (χ3n) is 3.13. The average Bonchev–Trinajstić information content (AvgIpc) is 2.25. The van der Waals surface area contributed by atoms with Crippen molar-refractivity contribution in [3.63, 3.8) is 0 Å². The van der Waals surface area contributed by atoms with E-state index < -0.39 is 6.09 Å². The third kappa shape index (κ3) is 2.27. The standard InChI is InChI=1S/C12H15N3O3/c1-8-3-9(7-16)13-11(4-8)15-5-10(6-15)14(2)12(17)18/h3-4,7,10H,5-6H2,1-2H3,(H,17,18). The molecule has 6 heteroatoms. The van der Waals surface area contributed by atoms with E-state index in [2.05, 4.69) is 4.98 Å². The first-order valence-electron chi connectivity index (χ1n) is 5.66. The number of carbonyl (C=O) groups excluding carboxylic acids is 1. The molecule has 1 fully saturated rings. The lowest BCUT2D eigenvalue weighted by molar-refractivity contribution is 0.111. The Hall–Kier alpha value is -2.11. The van der Waals surface area contributed by atoms with Crippen LogP contribution in [0.15, 0.2) is 12.1 Å². The van der Waals surface area contributed by atoms with Crippen LogP contribution in [0.4, 0.5) is 10.6 Å². The number of aryl methyl sites for hydroxylation is 1. The summed E-state index contributed by atoms with van der Waals surface area (Å²) in [5.41, 5.74) is 1.37. The highest BCUT2D eigenvalue weighted by molar-refractivity contribution is 5.73. The number of hydrogen-bond acceptors (Lipinski definition) is 4. The summed E-state index contributed by atoms with van der Waals surface area (Å²) in [7, 11) is 1.56. The van der Waals surface area contributed by atoms with Gasteiger partial charge in [-0.25, -0.2) is 9.78 Å². The smallest absolute Gasteiger partial charge is 0.407 e. The molecule has 0 saturated carbocycles. The zero-order valence-corrected chi connectivity index (χ0v) is 10.3. The fraction of sp³-hybridized carbons (Fsp3) is 0.417. The van der Waals surface area contributed by atoms with Gasteiger partial charge in [-0.3, -0.25) is 4.79 Å². The number of aromatic nitrogens is 1. The Bertz CT molecular complexity index is 483. The van der Waals surface area contributed by atoms with Gasteiger partial charge in [0.25, 0.3) is 0 Å². The predicted molar refractivity (Wildman–Crippen MR) is 66.2 cm³/mol. The fourth-order valence-electron chi connectivity index (χ4n) is 1.94. The van der Waals surface area contributed by atoms with Crippen LogP contribution in [-0.4, -0.2) is 53.5 Å². The minimum atomic E-state index is -0.926. The van der Waals surface area contributed by atoms with Crippen molar-refractivity contribution in [2.24, 2.45) is 0 Å². The quantitative estimate of drug-likeness (QED) is 0.809. The Morgan fingerprint density at radius 3 is 2.78 bits per heavy atom. The van der Waals surface area contributed by atoms with Gasteiger partial charge in [-0.2, -0.15) is 0 Å². The second-order valence-electron chi connectivity index (χ2n) is 4.50. The topological polar surface area (TPSA) is 73.7 Å². The molecule has 0 unspecified atom stereocenters. The Morgan fingerprint density at radius 2 is 2.22 bits per heavy atom. The zero-order valence-electron chi connectivity index (χ0n) is 10.3. The molecule has 0 radical (unpaired) electrons. The normalized spacial score (nSPS) is 15.1. The molecule has 0 bridgehead atoms. The van der Waals surface area contributed by atoms with Crippen LogP contribution >= 0.6 is 0 Å². The minimum Gasteiger partial charge on any atom is -0.465 e. The van der Waals surface area contributed by atoms with Crippen LogP contribution in [0.5, 0.6) is 0 Å². The monoisotopic (exact) mass is 249 g/mol. The van der Waals surface area contributed by atoms with E-state index in [4.69, 9.17) is 5.11 Å². The van der Waals surface area contributed by atoms with Gasteiger partial charge in [0.05, 0.1) is 6.04 Å². The number of pyridine rings is 1. The van der Waals surface area contributed by atoms with Crippen molar-refractivity contribution in [1.82, 2.24) is 9.88 Å². The van der Waals surface area contributed by atoms with Crippen molar-refractivity contribution in [2.45, 2.75) is 13.0 Å². The summed E-state index contributed by atoms with van der Waals surface area (Å²) in [6.07, 6.45) is -0.206. The first kappa shape index (κ1) is 12.3. The third-order valence-corrected chi connectivity index (χ3v) is 3.13. The van der Waals surface area contributed by atoms with E-state index >= 15 is 0 Å². The SMILES string of the molecule is Cc1cc(C=O)nc(N2CC(N(C)C(=O)O)C2)c1. The van der Waals surface area contributed by atoms with Crippen LogP contribution in [0.1, 0.15) is 16.1 Å². The molecule has 18 heavy (non-hydrogen) atoms. The highest BCUT2D eigenvalue weighted by Gasteiger charge is 2.33. The molecule has 6 nitrogen and oxygen atoms in total. The number of hydrogen-bond donors (Lipinski definition) is 1. The molecule has 1 amide bonds. The molecule has 1 N–H and O–H groups in total. The molecular weight excluding hydrogens is 234 g/mol. The van der Waals surface area contributed by atoms with Crippen LogP contribution in [0, 0.1) is 6.92 Å². The molecule has 0 atom stereocenters. The van der Waals surface area contributed by atoms with E-state index in [-0.39, 0.29) is 6.04 Å². The van der Waals surface area contributed by atoms with Gasteiger partial charge >= 0.3 is 6.09 Å². The molecule has 0 aliphatic carbocycles. The van der Waals surface area contributed by atoms with Crippen molar-refractivity contribution in [3.05, 3.63) is 23.4 Å². The summed E-state index contributed by atoms with van der Waals surface area (Å²) < 4.78 is 0. The van der Waals surface area contributed by atoms with Crippen LogP contribution in [0.3, 0.4) is 0 Å². The van der Waals surface area contributed by atoms with Gasteiger partial charge in [-0.1, -0.05) is 0 Å². The lowest BCUT2D eigenvalue weighted by Crippen LogP contribution is -2.59. The van der Waals surface area contributed by atoms with Gasteiger partial charge in [0.15, 0.2) is 6.29 Å². The number of carbonyl (C=O) groups is 2. The van der Waals surface area contributed by atoms with Gasteiger partial charge in [0, 0.05) is 20.1 Å². The highest BCUT2D eigenvalue weighted by Crippen LogP contribution is 2.22. The van der Waals surface area contributed by atoms with Crippen molar-refractivity contribution in [1.29, 1.82) is 0 Å². The predicted octanol–water partition coefficient (Wildman–Crippen LogP) is 1.00. The molecule has 0 aromatic carbocycles. The number of nitrogens with zero attached hydrogens (tertiary/aromatic N) is 3. The van der Waals surface area contributed by atoms with Crippen LogP contribution in [0.2, 0.25) is 0 Å². The van der Waals surface area contributed by atoms with Gasteiger partial charge in [-0.05, 0) is 24.6 Å². The number of amides is 1. The molecule has 1 aliphatic heterocycles. The van der Waals surface area contributed by atoms with Crippen LogP contribution in [0.25, 0.3) is 0 Å². The maximum absolute atomic E-state index is 10.8. The molecule has 0 spiro atoms. The van der Waals surface area contributed by atoms with E-state index in [9.17, 15) is 9.59 Å². The molecule has 1 aliphatic rings. The Balaban J connectivity index is 2.06. The summed E-state index contributed by atoms with van der Waals surface area (Å²) in [4.78, 5) is 29.0. The maximum atomic E-state index is 10.8. The Morgan fingerprint density at radius 1 is 1.56 bits per heavy atom. The van der Waals surface area contributed by atoms with Gasteiger partial charge in [0.1, 0.15) is 11.5 Å². The van der Waals surface area contributed by atoms with Crippen LogP contribution in [-0.2, 0) is 0 Å². The van der Waals surface area contributed by atoms with E-state index in [1.165, 1.54) is 4.90 Å². The van der Waals surface area contributed by atoms with E-state index in [0.717, 1.165) is 17.7 Å². The lowest BCUT2D eigenvalue weighted by Gasteiger charge is -2.43. The van der Waals surface area contributed by atoms with Crippen molar-refractivity contribution in [2.75, 3.05) is 25.0 Å². The summed E-state index contributed by atoms with van der Waals surface area (Å²) in [6.45, 7) is 3.12. The zero-order chi connectivity index (χ0) is 13.3. The molecular formula is C12H15N3O3. The number of rotatable bonds is 3. The molecule has 1 aromatic rings. The lowest BCUT2D eigenvalue weighted by atomic mass is 10.1. The maximum Gasteiger partial charge on any atom is 0.407 e. The minimum absolute atomic E-state index is 0.00973. The van der Waals surface area contributed by atoms with E-state index in [0.29, 0.717) is 18.8 Å². The average molecular weight is 249 g/mol. The second-order valence-corrected chi connectivity index (χ2v) is 4.50. The number of carboxylic acid groups (broad SMARTS) is 1. The second kappa shape index (κ2) is 4.64. The molecule has 1 aromatic heterocycles. The van der Waals surface area contributed by atoms with Crippen molar-refractivity contribution in [3.8, 4) is 0 Å². The fourth-order valence-corrected chi connectivity index (χ4v) is 1.94. The largest absolute Gasteiger partial charge is 0.465 e. The number of aldehydes is 1. The first-order chi connectivity index (χ1) is 8.51. The first-order valence-corrected chi connectivity index (χ1v) is 5.66. The molecule has 2 rings (SSSR count). The Labute approximate surface area is 105 Å². The van der Waals surface area contributed by atoms with Crippen molar-refractivity contribution < 1.29 is 14.7 Å². The molecule has 2 heterocycles. The summed E-state index contributed by atoms with van der Waals surface area (Å²) >= 11 is 0. The summed E-state index contributed by atoms with van der Waals surface area (Å²) in [5.74, 6) is 0.729. The van der Waals surface area contributed by atoms with E-state index in [1.54, 1.807) is 13.1 Å². The molecule has 1 saturated heterocycles. The van der Waals surface area contributed by atoms with E-state index in [1.807, 2.05) is 17.9 Å². The highest BCUT2D eigenvalue weighted by atomic mass is 16.4. The number of likely N-dealkylation sites (N-methyl/N-ethyl adjacent to an activating group) is 1. The van der Waals surface area contributed by atoms with Gasteiger partial charge in [0.2, 0.25) is 0 Å². The Kier molecular flexibility index (Phi) is 3.18. The number of anilines is 1. The molecule has 96 valence electrons. The summed E-state index contributed by atoms with van der Waals surface area (Å²) in [6, 6.07) is 3.60. The van der Waals surface area contributed by atoms with Gasteiger partial charge in [-0.15, -0.1) is 0 Å². The van der Waals surface area contributed by atoms with Crippen LogP contribution < -0.4 is 4.90 Å². The van der Waals surface area contributed by atoms with Gasteiger partial charge < -0.3 is 14.9 Å².